The van der Waals surface area contributed by atoms with E-state index in [0.717, 1.165) is 12.1 Å². The molecule has 0 bridgehead atoms. The summed E-state index contributed by atoms with van der Waals surface area (Å²) in [5.74, 6) is -2.86. The van der Waals surface area contributed by atoms with Crippen LogP contribution in [0.4, 0.5) is 14.5 Å². The Balaban J connectivity index is 2.34. The average Bonchev–Trinajstić information content (AvgIpc) is 2.42. The monoisotopic (exact) mass is 283 g/mol. The first-order valence-corrected chi connectivity index (χ1v) is 6.48. The molecule has 20 heavy (non-hydrogen) atoms. The SMILES string of the molecule is CCOC(=O)C1CCCC(=O)N1c1ccc(F)c(F)c1. The van der Waals surface area contributed by atoms with E-state index in [2.05, 4.69) is 0 Å². The normalized spacial score (nSPS) is 19.1. The predicted octanol–water partition coefficient (Wildman–Crippen LogP) is 2.41. The second-order valence-corrected chi connectivity index (χ2v) is 4.52. The molecule has 1 unspecified atom stereocenters. The Bertz CT molecular complexity index is 533. The molecule has 1 saturated heterocycles. The van der Waals surface area contributed by atoms with E-state index in [9.17, 15) is 18.4 Å². The number of benzene rings is 1. The number of carbonyl (C=O) groups excluding carboxylic acids is 2. The van der Waals surface area contributed by atoms with Gasteiger partial charge in [-0.3, -0.25) is 9.69 Å². The highest BCUT2D eigenvalue weighted by atomic mass is 19.2. The zero-order chi connectivity index (χ0) is 14.7. The van der Waals surface area contributed by atoms with E-state index in [1.54, 1.807) is 6.92 Å². The topological polar surface area (TPSA) is 46.6 Å². The van der Waals surface area contributed by atoms with Crippen LogP contribution in [0.15, 0.2) is 18.2 Å². The Morgan fingerprint density at radius 1 is 1.40 bits per heavy atom. The van der Waals surface area contributed by atoms with Gasteiger partial charge in [-0.1, -0.05) is 0 Å². The molecule has 2 rings (SSSR count). The van der Waals surface area contributed by atoms with Gasteiger partial charge in [-0.05, 0) is 31.9 Å². The third-order valence-electron chi connectivity index (χ3n) is 3.19. The van der Waals surface area contributed by atoms with Crippen LogP contribution in [-0.2, 0) is 14.3 Å². The molecular formula is C14H15F2NO3. The summed E-state index contributed by atoms with van der Waals surface area (Å²) < 4.78 is 31.2. The van der Waals surface area contributed by atoms with Crippen molar-refractivity contribution in [1.82, 2.24) is 0 Å². The molecule has 0 N–H and O–H groups in total. The van der Waals surface area contributed by atoms with Gasteiger partial charge in [0.15, 0.2) is 11.6 Å². The standard InChI is InChI=1S/C14H15F2NO3/c1-2-20-14(19)12-4-3-5-13(18)17(12)9-6-7-10(15)11(16)8-9/h6-8,12H,2-5H2,1H3. The predicted molar refractivity (Wildman–Crippen MR) is 68.1 cm³/mol. The molecular weight excluding hydrogens is 268 g/mol. The van der Waals surface area contributed by atoms with Crippen molar-refractivity contribution >= 4 is 17.6 Å². The average molecular weight is 283 g/mol. The van der Waals surface area contributed by atoms with Crippen molar-refractivity contribution in [3.05, 3.63) is 29.8 Å². The van der Waals surface area contributed by atoms with Gasteiger partial charge in [-0.15, -0.1) is 0 Å². The molecule has 6 heteroatoms. The van der Waals surface area contributed by atoms with E-state index >= 15 is 0 Å². The lowest BCUT2D eigenvalue weighted by Crippen LogP contribution is -2.49. The van der Waals surface area contributed by atoms with E-state index in [1.165, 1.54) is 11.0 Å². The van der Waals surface area contributed by atoms with Gasteiger partial charge in [0, 0.05) is 18.2 Å². The van der Waals surface area contributed by atoms with E-state index < -0.39 is 23.6 Å². The number of anilines is 1. The summed E-state index contributed by atoms with van der Waals surface area (Å²) >= 11 is 0. The van der Waals surface area contributed by atoms with Crippen LogP contribution in [0, 0.1) is 11.6 Å². The molecule has 0 aliphatic carbocycles. The molecule has 1 amide bonds. The molecule has 0 spiro atoms. The van der Waals surface area contributed by atoms with E-state index in [-0.39, 0.29) is 24.6 Å². The first kappa shape index (κ1) is 14.4. The summed E-state index contributed by atoms with van der Waals surface area (Å²) in [5, 5.41) is 0. The summed E-state index contributed by atoms with van der Waals surface area (Å²) in [7, 11) is 0. The van der Waals surface area contributed by atoms with Crippen LogP contribution in [0.5, 0.6) is 0 Å². The molecule has 1 atom stereocenters. The number of nitrogens with zero attached hydrogens (tertiary/aromatic N) is 1. The van der Waals surface area contributed by atoms with Crippen molar-refractivity contribution in [3.63, 3.8) is 0 Å². The zero-order valence-corrected chi connectivity index (χ0v) is 11.1. The number of hydrogen-bond acceptors (Lipinski definition) is 3. The lowest BCUT2D eigenvalue weighted by molar-refractivity contribution is -0.146. The van der Waals surface area contributed by atoms with E-state index in [0.29, 0.717) is 12.8 Å². The van der Waals surface area contributed by atoms with Crippen LogP contribution in [0.1, 0.15) is 26.2 Å². The summed E-state index contributed by atoms with van der Waals surface area (Å²) in [5.41, 5.74) is 0.173. The number of hydrogen-bond donors (Lipinski definition) is 0. The van der Waals surface area contributed by atoms with E-state index in [4.69, 9.17) is 4.74 Å². The number of amides is 1. The van der Waals surface area contributed by atoms with Crippen LogP contribution in [-0.4, -0.2) is 24.5 Å². The maximum atomic E-state index is 13.3. The highest BCUT2D eigenvalue weighted by Crippen LogP contribution is 2.27. The minimum Gasteiger partial charge on any atom is -0.464 e. The van der Waals surface area contributed by atoms with Gasteiger partial charge in [0.25, 0.3) is 0 Å². The van der Waals surface area contributed by atoms with Gasteiger partial charge >= 0.3 is 5.97 Å². The van der Waals surface area contributed by atoms with Gasteiger partial charge in [0.05, 0.1) is 6.61 Å². The summed E-state index contributed by atoms with van der Waals surface area (Å²) in [6.45, 7) is 1.87. The second kappa shape index (κ2) is 5.98. The Morgan fingerprint density at radius 3 is 2.80 bits per heavy atom. The van der Waals surface area contributed by atoms with Crippen LogP contribution < -0.4 is 4.90 Å². The van der Waals surface area contributed by atoms with Crippen LogP contribution in [0.3, 0.4) is 0 Å². The summed E-state index contributed by atoms with van der Waals surface area (Å²) in [6, 6.07) is 2.37. The Labute approximate surface area is 115 Å². The lowest BCUT2D eigenvalue weighted by Gasteiger charge is -2.33. The molecule has 4 nitrogen and oxygen atoms in total. The van der Waals surface area contributed by atoms with E-state index in [1.807, 2.05) is 0 Å². The fraction of sp³-hybridized carbons (Fsp3) is 0.429. The zero-order valence-electron chi connectivity index (χ0n) is 11.1. The third kappa shape index (κ3) is 2.79. The molecule has 1 fully saturated rings. The highest BCUT2D eigenvalue weighted by molar-refractivity contribution is 6.00. The van der Waals surface area contributed by atoms with Crippen LogP contribution >= 0.6 is 0 Å². The molecule has 0 radical (unpaired) electrons. The number of halogens is 2. The van der Waals surface area contributed by atoms with Gasteiger partial charge in [0.1, 0.15) is 6.04 Å². The highest BCUT2D eigenvalue weighted by Gasteiger charge is 2.35. The van der Waals surface area contributed by atoms with Gasteiger partial charge in [-0.2, -0.15) is 0 Å². The van der Waals surface area contributed by atoms with Gasteiger partial charge < -0.3 is 4.74 Å². The Hall–Kier alpha value is -1.98. The molecule has 1 aliphatic rings. The third-order valence-corrected chi connectivity index (χ3v) is 3.19. The van der Waals surface area contributed by atoms with Gasteiger partial charge in [-0.25, -0.2) is 13.6 Å². The lowest BCUT2D eigenvalue weighted by atomic mass is 10.0. The maximum Gasteiger partial charge on any atom is 0.329 e. The first-order chi connectivity index (χ1) is 9.54. The van der Waals surface area contributed by atoms with Crippen molar-refractivity contribution in [2.45, 2.75) is 32.2 Å². The quantitative estimate of drug-likeness (QED) is 0.800. The number of rotatable bonds is 3. The second-order valence-electron chi connectivity index (χ2n) is 4.52. The molecule has 1 aromatic rings. The minimum atomic E-state index is -1.05. The van der Waals surface area contributed by atoms with Gasteiger partial charge in [0.2, 0.25) is 5.91 Å². The fourth-order valence-electron chi connectivity index (χ4n) is 2.29. The number of carbonyl (C=O) groups is 2. The number of esters is 1. The summed E-state index contributed by atoms with van der Waals surface area (Å²) in [4.78, 5) is 25.1. The summed E-state index contributed by atoms with van der Waals surface area (Å²) in [6.07, 6.45) is 1.29. The smallest absolute Gasteiger partial charge is 0.329 e. The van der Waals surface area contributed by atoms with Crippen LogP contribution in [0.25, 0.3) is 0 Å². The van der Waals surface area contributed by atoms with Crippen molar-refractivity contribution in [3.8, 4) is 0 Å². The minimum absolute atomic E-state index is 0.173. The van der Waals surface area contributed by atoms with Crippen molar-refractivity contribution < 1.29 is 23.1 Å². The molecule has 108 valence electrons. The molecule has 1 aliphatic heterocycles. The van der Waals surface area contributed by atoms with Crippen molar-refractivity contribution in [2.24, 2.45) is 0 Å². The van der Waals surface area contributed by atoms with Crippen LogP contribution in [0.2, 0.25) is 0 Å². The maximum absolute atomic E-state index is 13.3. The first-order valence-electron chi connectivity index (χ1n) is 6.48. The number of ether oxygens (including phenoxy) is 1. The Kier molecular flexibility index (Phi) is 4.32. The number of piperidine rings is 1. The molecule has 0 saturated carbocycles. The van der Waals surface area contributed by atoms with Crippen molar-refractivity contribution in [2.75, 3.05) is 11.5 Å². The Morgan fingerprint density at radius 2 is 2.15 bits per heavy atom. The largest absolute Gasteiger partial charge is 0.464 e. The molecule has 1 aromatic carbocycles. The molecule has 0 aromatic heterocycles. The van der Waals surface area contributed by atoms with Crippen molar-refractivity contribution in [1.29, 1.82) is 0 Å². The molecule has 1 heterocycles. The fourth-order valence-corrected chi connectivity index (χ4v) is 2.29.